The van der Waals surface area contributed by atoms with Crippen LogP contribution in [0.15, 0.2) is 29.3 Å². The third-order valence-corrected chi connectivity index (χ3v) is 2.41. The molecule has 2 rings (SSSR count). The molecule has 1 aromatic heterocycles. The van der Waals surface area contributed by atoms with Gasteiger partial charge in [0, 0.05) is 7.05 Å². The highest BCUT2D eigenvalue weighted by Crippen LogP contribution is 2.19. The van der Waals surface area contributed by atoms with Crippen molar-refractivity contribution >= 4 is 17.5 Å². The SMILES string of the molecule is CNc1ncn(-c2cc(F)ccc2Cl)c(=O)n1. The van der Waals surface area contributed by atoms with E-state index >= 15 is 0 Å². The molecule has 0 atom stereocenters. The fourth-order valence-electron chi connectivity index (χ4n) is 1.29. The Kier molecular flexibility index (Phi) is 3.06. The highest BCUT2D eigenvalue weighted by atomic mass is 35.5. The van der Waals surface area contributed by atoms with Crippen LogP contribution >= 0.6 is 11.6 Å². The smallest absolute Gasteiger partial charge is 0.356 e. The molecular formula is C10H8ClFN4O. The third kappa shape index (κ3) is 2.26. The molecule has 1 N–H and O–H groups in total. The number of nitrogens with zero attached hydrogens (tertiary/aromatic N) is 3. The van der Waals surface area contributed by atoms with Crippen molar-refractivity contribution in [2.75, 3.05) is 12.4 Å². The first-order chi connectivity index (χ1) is 8.11. The first-order valence-electron chi connectivity index (χ1n) is 4.70. The summed E-state index contributed by atoms with van der Waals surface area (Å²) in [6.07, 6.45) is 1.24. The van der Waals surface area contributed by atoms with Gasteiger partial charge < -0.3 is 5.32 Å². The summed E-state index contributed by atoms with van der Waals surface area (Å²) in [6.45, 7) is 0. The third-order valence-electron chi connectivity index (χ3n) is 2.09. The van der Waals surface area contributed by atoms with Crippen molar-refractivity contribution in [3.05, 3.63) is 45.9 Å². The van der Waals surface area contributed by atoms with Gasteiger partial charge in [0.15, 0.2) is 0 Å². The zero-order valence-electron chi connectivity index (χ0n) is 8.82. The predicted molar refractivity (Wildman–Crippen MR) is 62.1 cm³/mol. The lowest BCUT2D eigenvalue weighted by molar-refractivity contribution is 0.626. The molecule has 0 unspecified atom stereocenters. The Labute approximate surface area is 101 Å². The molecule has 0 spiro atoms. The maximum atomic E-state index is 13.1. The molecule has 1 heterocycles. The van der Waals surface area contributed by atoms with Crippen LogP contribution in [0.3, 0.4) is 0 Å². The van der Waals surface area contributed by atoms with Gasteiger partial charge in [-0.15, -0.1) is 0 Å². The van der Waals surface area contributed by atoms with Crippen LogP contribution in [0, 0.1) is 5.82 Å². The molecule has 0 aliphatic carbocycles. The van der Waals surface area contributed by atoms with Crippen molar-refractivity contribution < 1.29 is 4.39 Å². The van der Waals surface area contributed by atoms with Gasteiger partial charge in [-0.05, 0) is 18.2 Å². The zero-order valence-corrected chi connectivity index (χ0v) is 9.57. The van der Waals surface area contributed by atoms with E-state index in [1.807, 2.05) is 0 Å². The highest BCUT2D eigenvalue weighted by molar-refractivity contribution is 6.32. The second-order valence-electron chi connectivity index (χ2n) is 3.18. The van der Waals surface area contributed by atoms with E-state index in [0.717, 1.165) is 10.6 Å². The molecule has 2 aromatic rings. The van der Waals surface area contributed by atoms with Crippen molar-refractivity contribution in [3.8, 4) is 5.69 Å². The molecule has 0 aliphatic heterocycles. The van der Waals surface area contributed by atoms with Crippen LogP contribution in [-0.2, 0) is 0 Å². The number of rotatable bonds is 2. The molecule has 0 fully saturated rings. The summed E-state index contributed by atoms with van der Waals surface area (Å²) in [5.74, 6) is -0.298. The molecule has 0 bridgehead atoms. The number of aromatic nitrogens is 3. The first-order valence-corrected chi connectivity index (χ1v) is 5.08. The fraction of sp³-hybridized carbons (Fsp3) is 0.100. The molecule has 0 amide bonds. The summed E-state index contributed by atoms with van der Waals surface area (Å²) in [4.78, 5) is 19.2. The molecule has 7 heteroatoms. The summed E-state index contributed by atoms with van der Waals surface area (Å²) >= 11 is 5.88. The molecule has 88 valence electrons. The Bertz CT molecular complexity index is 613. The molecule has 1 aromatic carbocycles. The number of benzene rings is 1. The Morgan fingerprint density at radius 3 is 2.88 bits per heavy atom. The van der Waals surface area contributed by atoms with Crippen molar-refractivity contribution in [1.29, 1.82) is 0 Å². The van der Waals surface area contributed by atoms with E-state index in [4.69, 9.17) is 11.6 Å². The van der Waals surface area contributed by atoms with Gasteiger partial charge in [0.25, 0.3) is 0 Å². The monoisotopic (exact) mass is 254 g/mol. The second-order valence-corrected chi connectivity index (χ2v) is 3.59. The zero-order chi connectivity index (χ0) is 12.4. The van der Waals surface area contributed by atoms with Crippen molar-refractivity contribution in [2.45, 2.75) is 0 Å². The van der Waals surface area contributed by atoms with E-state index in [0.29, 0.717) is 0 Å². The van der Waals surface area contributed by atoms with Crippen LogP contribution in [0.25, 0.3) is 5.69 Å². The largest absolute Gasteiger partial charge is 0.357 e. The fourth-order valence-corrected chi connectivity index (χ4v) is 1.50. The van der Waals surface area contributed by atoms with Crippen molar-refractivity contribution in [1.82, 2.24) is 14.5 Å². The number of hydrogen-bond acceptors (Lipinski definition) is 4. The molecule has 0 aliphatic rings. The maximum Gasteiger partial charge on any atom is 0.356 e. The van der Waals surface area contributed by atoms with Gasteiger partial charge in [0.05, 0.1) is 10.7 Å². The number of nitrogens with one attached hydrogen (secondary N) is 1. The van der Waals surface area contributed by atoms with Gasteiger partial charge in [0.1, 0.15) is 12.1 Å². The van der Waals surface area contributed by atoms with Crippen molar-refractivity contribution in [2.24, 2.45) is 0 Å². The quantitative estimate of drug-likeness (QED) is 0.882. The lowest BCUT2D eigenvalue weighted by Gasteiger charge is -2.07. The first kappa shape index (κ1) is 11.5. The van der Waals surface area contributed by atoms with E-state index < -0.39 is 11.5 Å². The average Bonchev–Trinajstić information content (AvgIpc) is 2.32. The summed E-state index contributed by atoms with van der Waals surface area (Å²) in [7, 11) is 1.59. The highest BCUT2D eigenvalue weighted by Gasteiger charge is 2.08. The van der Waals surface area contributed by atoms with E-state index in [9.17, 15) is 9.18 Å². The molecule has 0 radical (unpaired) electrons. The van der Waals surface area contributed by atoms with Gasteiger partial charge >= 0.3 is 5.69 Å². The lowest BCUT2D eigenvalue weighted by Crippen LogP contribution is -2.23. The molecule has 0 saturated heterocycles. The minimum atomic E-state index is -0.586. The Hall–Kier alpha value is -1.95. The van der Waals surface area contributed by atoms with E-state index in [-0.39, 0.29) is 16.7 Å². The van der Waals surface area contributed by atoms with Gasteiger partial charge in [0.2, 0.25) is 5.95 Å². The molecular weight excluding hydrogens is 247 g/mol. The summed E-state index contributed by atoms with van der Waals surface area (Å²) in [6, 6.07) is 3.72. The van der Waals surface area contributed by atoms with Crippen LogP contribution in [0.4, 0.5) is 10.3 Å². The average molecular weight is 255 g/mol. The molecule has 0 saturated carbocycles. The van der Waals surface area contributed by atoms with Crippen molar-refractivity contribution in [3.63, 3.8) is 0 Å². The van der Waals surface area contributed by atoms with Crippen LogP contribution in [0.5, 0.6) is 0 Å². The van der Waals surface area contributed by atoms with E-state index in [1.165, 1.54) is 18.5 Å². The second kappa shape index (κ2) is 4.50. The summed E-state index contributed by atoms with van der Waals surface area (Å²) in [5.41, 5.74) is -0.379. The van der Waals surface area contributed by atoms with Gasteiger partial charge in [-0.1, -0.05) is 11.6 Å². The predicted octanol–water partition coefficient (Wildman–Crippen LogP) is 1.46. The normalized spacial score (nSPS) is 10.3. The number of halogens is 2. The van der Waals surface area contributed by atoms with Gasteiger partial charge in [-0.2, -0.15) is 4.98 Å². The number of hydrogen-bond donors (Lipinski definition) is 1. The van der Waals surface area contributed by atoms with Crippen LogP contribution in [0.2, 0.25) is 5.02 Å². The van der Waals surface area contributed by atoms with Gasteiger partial charge in [-0.3, -0.25) is 0 Å². The molecule has 5 nitrogen and oxygen atoms in total. The summed E-state index contributed by atoms with van der Waals surface area (Å²) < 4.78 is 14.2. The van der Waals surface area contributed by atoms with Gasteiger partial charge in [-0.25, -0.2) is 18.7 Å². The minimum absolute atomic E-state index is 0.193. The lowest BCUT2D eigenvalue weighted by atomic mass is 10.3. The Morgan fingerprint density at radius 1 is 1.47 bits per heavy atom. The topological polar surface area (TPSA) is 59.8 Å². The Morgan fingerprint density at radius 2 is 2.24 bits per heavy atom. The number of anilines is 1. The van der Waals surface area contributed by atoms with Crippen LogP contribution < -0.4 is 11.0 Å². The van der Waals surface area contributed by atoms with E-state index in [1.54, 1.807) is 7.05 Å². The summed E-state index contributed by atoms with van der Waals surface area (Å²) in [5, 5.41) is 2.87. The maximum absolute atomic E-state index is 13.1. The minimum Gasteiger partial charge on any atom is -0.357 e. The molecule has 17 heavy (non-hydrogen) atoms. The van der Waals surface area contributed by atoms with E-state index in [2.05, 4.69) is 15.3 Å². The van der Waals surface area contributed by atoms with Crippen LogP contribution in [0.1, 0.15) is 0 Å². The Balaban J connectivity index is 2.61. The standard InChI is InChI=1S/C10H8ClFN4O/c1-13-9-14-5-16(10(17)15-9)8-4-6(12)2-3-7(8)11/h2-5H,1H3,(H,13,15,17). The van der Waals surface area contributed by atoms with Crippen LogP contribution in [-0.4, -0.2) is 21.6 Å².